The van der Waals surface area contributed by atoms with Crippen molar-refractivity contribution >= 4 is 39.1 Å². The highest BCUT2D eigenvalue weighted by atomic mass is 79.9. The van der Waals surface area contributed by atoms with Crippen molar-refractivity contribution in [2.75, 3.05) is 6.61 Å². The number of carbonyl (C=O) groups is 1. The molecule has 0 spiro atoms. The average Bonchev–Trinajstić information content (AvgIpc) is 2.96. The third-order valence-corrected chi connectivity index (χ3v) is 5.57. The van der Waals surface area contributed by atoms with E-state index in [1.807, 2.05) is 6.07 Å². The van der Waals surface area contributed by atoms with Crippen LogP contribution in [0.2, 0.25) is 0 Å². The van der Waals surface area contributed by atoms with Crippen LogP contribution < -0.4 is 9.47 Å². The maximum absolute atomic E-state index is 12.4. The van der Waals surface area contributed by atoms with Gasteiger partial charge in [0, 0.05) is 9.35 Å². The molecule has 1 aromatic carbocycles. The van der Waals surface area contributed by atoms with Crippen LogP contribution in [0.5, 0.6) is 11.5 Å². The van der Waals surface area contributed by atoms with Crippen molar-refractivity contribution in [3.05, 3.63) is 50.1 Å². The molecule has 1 aromatic heterocycles. The molecule has 7 heteroatoms. The van der Waals surface area contributed by atoms with Crippen LogP contribution in [0.4, 0.5) is 8.78 Å². The van der Waals surface area contributed by atoms with Crippen LogP contribution in [0.3, 0.4) is 0 Å². The smallest absolute Gasteiger partial charge is 0.387 e. The molecule has 3 nitrogen and oxygen atoms in total. The van der Waals surface area contributed by atoms with Crippen molar-refractivity contribution in [1.29, 1.82) is 0 Å². The van der Waals surface area contributed by atoms with E-state index in [1.54, 1.807) is 25.1 Å². The highest BCUT2D eigenvalue weighted by molar-refractivity contribution is 9.10. The predicted octanol–water partition coefficient (Wildman–Crippen LogP) is 6.36. The summed E-state index contributed by atoms with van der Waals surface area (Å²) in [7, 11) is 0. The van der Waals surface area contributed by atoms with E-state index in [9.17, 15) is 13.6 Å². The second-order valence-electron chi connectivity index (χ2n) is 5.35. The van der Waals surface area contributed by atoms with Gasteiger partial charge in [-0.25, -0.2) is 0 Å². The Morgan fingerprint density at radius 3 is 2.69 bits per heavy atom. The second kappa shape index (κ2) is 9.83. The van der Waals surface area contributed by atoms with Crippen LogP contribution >= 0.6 is 27.3 Å². The highest BCUT2D eigenvalue weighted by Crippen LogP contribution is 2.31. The average molecular weight is 445 g/mol. The third-order valence-electron chi connectivity index (χ3n) is 3.39. The first-order chi connectivity index (χ1) is 12.4. The summed E-state index contributed by atoms with van der Waals surface area (Å²) in [6, 6.07) is 6.39. The molecule has 0 fully saturated rings. The molecule has 0 amide bonds. The first kappa shape index (κ1) is 20.6. The molecule has 0 bridgehead atoms. The number of halogens is 3. The molecule has 1 heterocycles. The Balaban J connectivity index is 2.17. The number of ketones is 1. The fourth-order valence-corrected chi connectivity index (χ4v) is 4.16. The number of thiophene rings is 1. The van der Waals surface area contributed by atoms with Gasteiger partial charge < -0.3 is 9.47 Å². The van der Waals surface area contributed by atoms with Crippen molar-refractivity contribution in [2.24, 2.45) is 0 Å². The van der Waals surface area contributed by atoms with Crippen LogP contribution in [-0.2, 0) is 6.42 Å². The summed E-state index contributed by atoms with van der Waals surface area (Å²) >= 11 is 4.95. The molecule has 2 rings (SSSR count). The lowest BCUT2D eigenvalue weighted by molar-refractivity contribution is -0.0514. The van der Waals surface area contributed by atoms with Gasteiger partial charge >= 0.3 is 6.61 Å². The molecule has 0 saturated heterocycles. The molecule has 0 aliphatic carbocycles. The van der Waals surface area contributed by atoms with Crippen LogP contribution in [-0.4, -0.2) is 19.0 Å². The number of alkyl halides is 2. The largest absolute Gasteiger partial charge is 0.490 e. The molecule has 0 N–H and O–H groups in total. The molecule has 0 saturated carbocycles. The van der Waals surface area contributed by atoms with Gasteiger partial charge in [-0.3, -0.25) is 4.79 Å². The van der Waals surface area contributed by atoms with Gasteiger partial charge in [0.2, 0.25) is 0 Å². The minimum absolute atomic E-state index is 0.0308. The summed E-state index contributed by atoms with van der Waals surface area (Å²) < 4.78 is 35.6. The first-order valence-corrected chi connectivity index (χ1v) is 9.77. The van der Waals surface area contributed by atoms with Crippen molar-refractivity contribution in [1.82, 2.24) is 0 Å². The minimum atomic E-state index is -2.92. The molecule has 0 aliphatic heterocycles. The molecule has 140 valence electrons. The maximum atomic E-state index is 12.4. The predicted molar refractivity (Wildman–Crippen MR) is 104 cm³/mol. The molecule has 0 atom stereocenters. The van der Waals surface area contributed by atoms with E-state index in [0.29, 0.717) is 17.0 Å². The van der Waals surface area contributed by atoms with Gasteiger partial charge in [-0.2, -0.15) is 8.78 Å². The zero-order valence-electron chi connectivity index (χ0n) is 14.4. The van der Waals surface area contributed by atoms with Crippen LogP contribution in [0.1, 0.15) is 40.4 Å². The van der Waals surface area contributed by atoms with Gasteiger partial charge in [-0.15, -0.1) is 11.3 Å². The van der Waals surface area contributed by atoms with Gasteiger partial charge in [0.15, 0.2) is 17.3 Å². The normalized spacial score (nSPS) is 11.3. The van der Waals surface area contributed by atoms with Gasteiger partial charge in [0.05, 0.1) is 11.5 Å². The third kappa shape index (κ3) is 5.64. The Hall–Kier alpha value is -1.73. The van der Waals surface area contributed by atoms with E-state index < -0.39 is 6.61 Å². The minimum Gasteiger partial charge on any atom is -0.490 e. The molecule has 2 aromatic rings. The van der Waals surface area contributed by atoms with E-state index in [-0.39, 0.29) is 17.3 Å². The summed E-state index contributed by atoms with van der Waals surface area (Å²) in [6.45, 7) is 1.23. The zero-order chi connectivity index (χ0) is 19.1. The molecule has 26 heavy (non-hydrogen) atoms. The Labute approximate surface area is 163 Å². The summed E-state index contributed by atoms with van der Waals surface area (Å²) in [5, 5.41) is 0. The highest BCUT2D eigenvalue weighted by Gasteiger charge is 2.12. The van der Waals surface area contributed by atoms with Gasteiger partial charge in [0.25, 0.3) is 0 Å². The Bertz CT molecular complexity index is 787. The van der Waals surface area contributed by atoms with E-state index in [4.69, 9.17) is 4.74 Å². The van der Waals surface area contributed by atoms with E-state index in [0.717, 1.165) is 22.2 Å². The molecule has 0 unspecified atom stereocenters. The van der Waals surface area contributed by atoms with E-state index >= 15 is 0 Å². The summed E-state index contributed by atoms with van der Waals surface area (Å²) in [6.07, 6.45) is 5.03. The summed E-state index contributed by atoms with van der Waals surface area (Å²) in [5.74, 6) is 0.0761. The zero-order valence-corrected chi connectivity index (χ0v) is 16.8. The number of allylic oxidation sites excluding steroid dienone is 1. The fraction of sp³-hybridized carbons (Fsp3) is 0.316. The van der Waals surface area contributed by atoms with Gasteiger partial charge in [0.1, 0.15) is 0 Å². The SMILES string of the molecule is CCCc1sc(C(=O)/C=C/c2ccc(OC(F)F)c(OCC)c2)cc1Br. The van der Waals surface area contributed by atoms with Gasteiger partial charge in [-0.05, 0) is 59.1 Å². The lowest BCUT2D eigenvalue weighted by Gasteiger charge is -2.11. The Morgan fingerprint density at radius 1 is 1.27 bits per heavy atom. The second-order valence-corrected chi connectivity index (χ2v) is 7.34. The van der Waals surface area contributed by atoms with Crippen molar-refractivity contribution in [2.45, 2.75) is 33.3 Å². The summed E-state index contributed by atoms with van der Waals surface area (Å²) in [4.78, 5) is 14.2. The van der Waals surface area contributed by atoms with Crippen LogP contribution in [0.15, 0.2) is 34.8 Å². The molecular formula is C19H19BrF2O3S. The molecular weight excluding hydrogens is 426 g/mol. The Kier molecular flexibility index (Phi) is 7.78. The Morgan fingerprint density at radius 2 is 2.04 bits per heavy atom. The topological polar surface area (TPSA) is 35.5 Å². The number of benzene rings is 1. The molecule has 0 aliphatic rings. The van der Waals surface area contributed by atoms with E-state index in [1.165, 1.54) is 23.5 Å². The maximum Gasteiger partial charge on any atom is 0.387 e. The standard InChI is InChI=1S/C19H19BrF2O3S/c1-3-5-17-13(20)11-18(26-17)14(23)8-6-12-7-9-15(25-19(21)22)16(10-12)24-4-2/h6-11,19H,3-5H2,1-2H3/b8-6+. The summed E-state index contributed by atoms with van der Waals surface area (Å²) in [5.41, 5.74) is 0.660. The first-order valence-electron chi connectivity index (χ1n) is 8.16. The van der Waals surface area contributed by atoms with Crippen LogP contribution in [0, 0.1) is 0 Å². The van der Waals surface area contributed by atoms with E-state index in [2.05, 4.69) is 27.6 Å². The van der Waals surface area contributed by atoms with Crippen molar-refractivity contribution in [3.8, 4) is 11.5 Å². The van der Waals surface area contributed by atoms with Crippen molar-refractivity contribution in [3.63, 3.8) is 0 Å². The number of hydrogen-bond acceptors (Lipinski definition) is 4. The lowest BCUT2D eigenvalue weighted by atomic mass is 10.1. The van der Waals surface area contributed by atoms with Crippen molar-refractivity contribution < 1.29 is 23.0 Å². The monoisotopic (exact) mass is 444 g/mol. The molecule has 0 radical (unpaired) electrons. The number of ether oxygens (including phenoxy) is 2. The number of rotatable bonds is 9. The number of carbonyl (C=O) groups excluding carboxylic acids is 1. The fourth-order valence-electron chi connectivity index (χ4n) is 2.27. The van der Waals surface area contributed by atoms with Crippen LogP contribution in [0.25, 0.3) is 6.08 Å². The van der Waals surface area contributed by atoms with Gasteiger partial charge in [-0.1, -0.05) is 25.5 Å². The quantitative estimate of drug-likeness (QED) is 0.333. The lowest BCUT2D eigenvalue weighted by Crippen LogP contribution is -2.04. The number of hydrogen-bond donors (Lipinski definition) is 0. The number of aryl methyl sites for hydroxylation is 1.